The van der Waals surface area contributed by atoms with Crippen LogP contribution in [0.3, 0.4) is 0 Å². The lowest BCUT2D eigenvalue weighted by molar-refractivity contribution is -0.908. The molecule has 0 saturated heterocycles. The van der Waals surface area contributed by atoms with Crippen molar-refractivity contribution in [2.75, 3.05) is 33.2 Å². The molecule has 0 spiro atoms. The molecule has 25 heavy (non-hydrogen) atoms. The summed E-state index contributed by atoms with van der Waals surface area (Å²) in [6.07, 6.45) is 0. The van der Waals surface area contributed by atoms with Crippen LogP contribution in [0.4, 0.5) is 5.69 Å². The Labute approximate surface area is 149 Å². The van der Waals surface area contributed by atoms with Crippen molar-refractivity contribution in [2.24, 2.45) is 0 Å². The van der Waals surface area contributed by atoms with Gasteiger partial charge in [-0.05, 0) is 31.2 Å². The molecule has 0 aliphatic rings. The van der Waals surface area contributed by atoms with E-state index >= 15 is 0 Å². The molecule has 5 nitrogen and oxygen atoms in total. The Morgan fingerprint density at radius 3 is 2.40 bits per heavy atom. The van der Waals surface area contributed by atoms with Crippen molar-refractivity contribution in [1.29, 1.82) is 0 Å². The lowest BCUT2D eigenvalue weighted by atomic mass is 10.1. The van der Waals surface area contributed by atoms with Crippen molar-refractivity contribution in [3.63, 3.8) is 0 Å². The van der Waals surface area contributed by atoms with Gasteiger partial charge in [0, 0.05) is 24.4 Å². The van der Waals surface area contributed by atoms with Crippen molar-refractivity contribution in [3.8, 4) is 11.5 Å². The third kappa shape index (κ3) is 4.51. The average Bonchev–Trinajstić information content (AvgIpc) is 2.67. The SMILES string of the molecule is COc1ccc(C[NH+](C)[C@H](C)C(=O)N(C)c2ccccc2)c(OC)c1. The molecule has 0 fully saturated rings. The van der Waals surface area contributed by atoms with Crippen LogP contribution in [-0.4, -0.2) is 40.3 Å². The Hall–Kier alpha value is -2.53. The number of methoxy groups -OCH3 is 2. The van der Waals surface area contributed by atoms with Crippen LogP contribution in [0.5, 0.6) is 11.5 Å². The highest BCUT2D eigenvalue weighted by Crippen LogP contribution is 2.23. The molecule has 0 heterocycles. The summed E-state index contributed by atoms with van der Waals surface area (Å²) < 4.78 is 10.7. The molecule has 1 amide bonds. The van der Waals surface area contributed by atoms with Crippen LogP contribution >= 0.6 is 0 Å². The molecule has 0 aliphatic carbocycles. The Balaban J connectivity index is 2.09. The van der Waals surface area contributed by atoms with E-state index < -0.39 is 0 Å². The fraction of sp³-hybridized carbons (Fsp3) is 0.350. The van der Waals surface area contributed by atoms with Gasteiger partial charge in [0.1, 0.15) is 18.0 Å². The monoisotopic (exact) mass is 343 g/mol. The van der Waals surface area contributed by atoms with Gasteiger partial charge in [0.15, 0.2) is 6.04 Å². The van der Waals surface area contributed by atoms with E-state index in [1.165, 1.54) is 0 Å². The maximum atomic E-state index is 12.8. The minimum Gasteiger partial charge on any atom is -0.497 e. The number of nitrogens with zero attached hydrogens (tertiary/aromatic N) is 1. The number of likely N-dealkylation sites (N-methyl/N-ethyl adjacent to an activating group) is 2. The van der Waals surface area contributed by atoms with Crippen molar-refractivity contribution in [2.45, 2.75) is 19.5 Å². The zero-order valence-corrected chi connectivity index (χ0v) is 15.6. The summed E-state index contributed by atoms with van der Waals surface area (Å²) in [4.78, 5) is 15.6. The molecule has 2 rings (SSSR count). The number of para-hydroxylation sites is 1. The van der Waals surface area contributed by atoms with Gasteiger partial charge in [0.2, 0.25) is 0 Å². The molecule has 2 atom stereocenters. The minimum atomic E-state index is -0.183. The van der Waals surface area contributed by atoms with E-state index in [4.69, 9.17) is 9.47 Å². The molecular formula is C20H27N2O3+. The topological polar surface area (TPSA) is 43.2 Å². The zero-order chi connectivity index (χ0) is 18.4. The van der Waals surface area contributed by atoms with Crippen LogP contribution in [0, 0.1) is 0 Å². The second kappa shape index (κ2) is 8.53. The maximum Gasteiger partial charge on any atom is 0.284 e. The molecule has 5 heteroatoms. The van der Waals surface area contributed by atoms with Gasteiger partial charge in [-0.15, -0.1) is 0 Å². The van der Waals surface area contributed by atoms with Gasteiger partial charge in [0.05, 0.1) is 21.3 Å². The Morgan fingerprint density at radius 2 is 1.80 bits per heavy atom. The van der Waals surface area contributed by atoms with E-state index in [2.05, 4.69) is 0 Å². The fourth-order valence-corrected chi connectivity index (χ4v) is 2.73. The van der Waals surface area contributed by atoms with E-state index in [0.29, 0.717) is 6.54 Å². The number of rotatable bonds is 7. The molecule has 134 valence electrons. The van der Waals surface area contributed by atoms with Crippen LogP contribution in [0.15, 0.2) is 48.5 Å². The van der Waals surface area contributed by atoms with E-state index in [-0.39, 0.29) is 11.9 Å². The second-order valence-corrected chi connectivity index (χ2v) is 6.16. The van der Waals surface area contributed by atoms with Gasteiger partial charge in [-0.3, -0.25) is 4.79 Å². The first-order chi connectivity index (χ1) is 12.0. The maximum absolute atomic E-state index is 12.8. The molecule has 0 radical (unpaired) electrons. The number of carbonyl (C=O) groups is 1. The van der Waals surface area contributed by atoms with Crippen molar-refractivity contribution in [3.05, 3.63) is 54.1 Å². The molecular weight excluding hydrogens is 316 g/mol. The summed E-state index contributed by atoms with van der Waals surface area (Å²) in [7, 11) is 7.11. The number of ether oxygens (including phenoxy) is 2. The lowest BCUT2D eigenvalue weighted by Crippen LogP contribution is -3.12. The largest absolute Gasteiger partial charge is 0.497 e. The first-order valence-electron chi connectivity index (χ1n) is 8.33. The Kier molecular flexibility index (Phi) is 6.42. The highest BCUT2D eigenvalue weighted by molar-refractivity contribution is 5.95. The quantitative estimate of drug-likeness (QED) is 0.833. The lowest BCUT2D eigenvalue weighted by Gasteiger charge is -2.26. The number of amides is 1. The van der Waals surface area contributed by atoms with Gasteiger partial charge in [-0.1, -0.05) is 18.2 Å². The average molecular weight is 343 g/mol. The third-order valence-electron chi connectivity index (χ3n) is 4.55. The van der Waals surface area contributed by atoms with Gasteiger partial charge in [-0.2, -0.15) is 0 Å². The summed E-state index contributed by atoms with van der Waals surface area (Å²) >= 11 is 0. The third-order valence-corrected chi connectivity index (χ3v) is 4.55. The first kappa shape index (κ1) is 18.8. The van der Waals surface area contributed by atoms with E-state index in [0.717, 1.165) is 27.6 Å². The normalized spacial score (nSPS) is 13.0. The van der Waals surface area contributed by atoms with Crippen LogP contribution in [0.1, 0.15) is 12.5 Å². The predicted octanol–water partition coefficient (Wildman–Crippen LogP) is 1.77. The minimum absolute atomic E-state index is 0.0798. The summed E-state index contributed by atoms with van der Waals surface area (Å²) in [6.45, 7) is 2.63. The molecule has 0 aliphatic heterocycles. The molecule has 0 saturated carbocycles. The van der Waals surface area contributed by atoms with Crippen molar-refractivity contribution >= 4 is 11.6 Å². The summed E-state index contributed by atoms with van der Waals surface area (Å²) in [5, 5.41) is 0. The van der Waals surface area contributed by atoms with Gasteiger partial charge in [-0.25, -0.2) is 0 Å². The highest BCUT2D eigenvalue weighted by atomic mass is 16.5. The Morgan fingerprint density at radius 1 is 1.12 bits per heavy atom. The zero-order valence-electron chi connectivity index (χ0n) is 15.6. The molecule has 1 N–H and O–H groups in total. The summed E-state index contributed by atoms with van der Waals surface area (Å²) in [5.41, 5.74) is 1.94. The number of benzene rings is 2. The number of hydrogen-bond donors (Lipinski definition) is 1. The van der Waals surface area contributed by atoms with Crippen molar-refractivity contribution in [1.82, 2.24) is 0 Å². The van der Waals surface area contributed by atoms with Gasteiger partial charge < -0.3 is 19.3 Å². The van der Waals surface area contributed by atoms with Crippen LogP contribution in [-0.2, 0) is 11.3 Å². The van der Waals surface area contributed by atoms with Gasteiger partial charge >= 0.3 is 0 Å². The molecule has 0 bridgehead atoms. The highest BCUT2D eigenvalue weighted by Gasteiger charge is 2.26. The number of quaternary nitrogens is 1. The molecule has 1 unspecified atom stereocenters. The summed E-state index contributed by atoms with van der Waals surface area (Å²) in [5.74, 6) is 1.61. The first-order valence-corrected chi connectivity index (χ1v) is 8.33. The number of carbonyl (C=O) groups excluding carboxylic acids is 1. The van der Waals surface area contributed by atoms with Crippen LogP contribution in [0.2, 0.25) is 0 Å². The molecule has 2 aromatic carbocycles. The second-order valence-electron chi connectivity index (χ2n) is 6.16. The van der Waals surface area contributed by atoms with E-state index in [1.54, 1.807) is 19.1 Å². The standard InChI is InChI=1S/C20H26N2O3/c1-15(20(23)22(3)17-9-7-6-8-10-17)21(2)14-16-11-12-18(24-4)13-19(16)25-5/h6-13,15H,14H2,1-5H3/p+1/t15-/m1/s1. The van der Waals surface area contributed by atoms with E-state index in [1.807, 2.05) is 69.6 Å². The number of nitrogens with one attached hydrogen (secondary N) is 1. The van der Waals surface area contributed by atoms with Crippen LogP contribution in [0.25, 0.3) is 0 Å². The van der Waals surface area contributed by atoms with Gasteiger partial charge in [0.25, 0.3) is 5.91 Å². The number of hydrogen-bond acceptors (Lipinski definition) is 3. The molecule has 0 aromatic heterocycles. The Bertz CT molecular complexity index is 703. The van der Waals surface area contributed by atoms with Crippen molar-refractivity contribution < 1.29 is 19.2 Å². The fourth-order valence-electron chi connectivity index (χ4n) is 2.73. The molecule has 2 aromatic rings. The van der Waals surface area contributed by atoms with E-state index in [9.17, 15) is 4.79 Å². The predicted molar refractivity (Wildman–Crippen MR) is 99.5 cm³/mol. The smallest absolute Gasteiger partial charge is 0.284 e. The number of anilines is 1. The summed E-state index contributed by atoms with van der Waals surface area (Å²) in [6, 6.07) is 15.3. The van der Waals surface area contributed by atoms with Crippen LogP contribution < -0.4 is 19.3 Å².